The number of ether oxygens (including phenoxy) is 1. The molecule has 166 valence electrons. The molecule has 3 N–H and O–H groups in total. The van der Waals surface area contributed by atoms with Crippen LogP contribution in [0.5, 0.6) is 5.75 Å². The fourth-order valence-electron chi connectivity index (χ4n) is 4.31. The molecular formula is C26H22FN3O3. The number of anilines is 1. The number of rotatable bonds is 5. The number of aromatic amines is 1. The third-order valence-electron chi connectivity index (χ3n) is 5.93. The summed E-state index contributed by atoms with van der Waals surface area (Å²) in [6.45, 7) is 0.0733. The molecule has 1 aliphatic heterocycles. The summed E-state index contributed by atoms with van der Waals surface area (Å²) in [5.41, 5.74) is 9.73. The highest BCUT2D eigenvalue weighted by Crippen LogP contribution is 2.35. The van der Waals surface area contributed by atoms with Gasteiger partial charge in [0.05, 0.1) is 12.2 Å². The van der Waals surface area contributed by atoms with Crippen LogP contribution in [0.1, 0.15) is 12.0 Å². The second kappa shape index (κ2) is 8.43. The van der Waals surface area contributed by atoms with Crippen molar-refractivity contribution < 1.29 is 18.7 Å². The van der Waals surface area contributed by atoms with Gasteiger partial charge in [-0.15, -0.1) is 0 Å². The third-order valence-corrected chi connectivity index (χ3v) is 5.93. The maximum atomic E-state index is 13.5. The highest BCUT2D eigenvalue weighted by Gasteiger charge is 2.32. The number of hydrogen-bond acceptors (Lipinski definition) is 3. The Balaban J connectivity index is 1.45. The first-order valence-electron chi connectivity index (χ1n) is 10.7. The first kappa shape index (κ1) is 20.8. The number of hydrogen-bond donors (Lipinski definition) is 2. The van der Waals surface area contributed by atoms with Crippen LogP contribution in [0.3, 0.4) is 0 Å². The van der Waals surface area contributed by atoms with Gasteiger partial charge in [-0.25, -0.2) is 4.39 Å². The van der Waals surface area contributed by atoms with Crippen molar-refractivity contribution in [3.8, 4) is 17.0 Å². The van der Waals surface area contributed by atoms with Crippen LogP contribution < -0.4 is 15.4 Å². The van der Waals surface area contributed by atoms with Crippen LogP contribution in [0.4, 0.5) is 10.1 Å². The Kier molecular flexibility index (Phi) is 5.30. The lowest BCUT2D eigenvalue weighted by Crippen LogP contribution is -2.49. The number of primary amides is 1. The van der Waals surface area contributed by atoms with E-state index in [2.05, 4.69) is 4.98 Å². The topological polar surface area (TPSA) is 88.4 Å². The molecule has 0 saturated carbocycles. The molecule has 4 aromatic rings. The van der Waals surface area contributed by atoms with Gasteiger partial charge in [0.2, 0.25) is 5.91 Å². The van der Waals surface area contributed by atoms with Gasteiger partial charge in [-0.2, -0.15) is 0 Å². The van der Waals surface area contributed by atoms with Crippen molar-refractivity contribution in [1.82, 2.24) is 4.98 Å². The number of para-hydroxylation sites is 3. The van der Waals surface area contributed by atoms with Crippen LogP contribution >= 0.6 is 0 Å². The van der Waals surface area contributed by atoms with E-state index >= 15 is 0 Å². The van der Waals surface area contributed by atoms with Crippen LogP contribution in [0.15, 0.2) is 72.8 Å². The van der Waals surface area contributed by atoms with Crippen molar-refractivity contribution in [3.63, 3.8) is 0 Å². The summed E-state index contributed by atoms with van der Waals surface area (Å²) in [5, 5.41) is 1.02. The van der Waals surface area contributed by atoms with Gasteiger partial charge in [0.1, 0.15) is 11.6 Å². The number of carbonyl (C=O) groups is 2. The van der Waals surface area contributed by atoms with Gasteiger partial charge in [-0.1, -0.05) is 30.3 Å². The lowest BCUT2D eigenvalue weighted by atomic mass is 10.0. The molecule has 2 amide bonds. The molecule has 2 heterocycles. The number of nitrogens with one attached hydrogen (secondary N) is 1. The van der Waals surface area contributed by atoms with Gasteiger partial charge in [0, 0.05) is 23.0 Å². The minimum absolute atomic E-state index is 0.0733. The zero-order valence-corrected chi connectivity index (χ0v) is 17.8. The van der Waals surface area contributed by atoms with Crippen LogP contribution in [-0.4, -0.2) is 29.4 Å². The van der Waals surface area contributed by atoms with E-state index in [0.717, 1.165) is 27.7 Å². The third kappa shape index (κ3) is 3.93. The Morgan fingerprint density at radius 2 is 1.76 bits per heavy atom. The summed E-state index contributed by atoms with van der Waals surface area (Å²) in [4.78, 5) is 30.1. The normalized spacial score (nSPS) is 15.2. The smallest absolute Gasteiger partial charge is 0.260 e. The van der Waals surface area contributed by atoms with Crippen LogP contribution in [0, 0.1) is 5.82 Å². The Morgan fingerprint density at radius 3 is 2.55 bits per heavy atom. The van der Waals surface area contributed by atoms with Crippen molar-refractivity contribution in [2.45, 2.75) is 18.9 Å². The predicted octanol–water partition coefficient (Wildman–Crippen LogP) is 4.19. The maximum absolute atomic E-state index is 13.5. The average molecular weight is 443 g/mol. The Morgan fingerprint density at radius 1 is 1.03 bits per heavy atom. The summed E-state index contributed by atoms with van der Waals surface area (Å²) in [6.07, 6.45) is -0.210. The van der Waals surface area contributed by atoms with Crippen molar-refractivity contribution in [2.24, 2.45) is 5.73 Å². The highest BCUT2D eigenvalue weighted by molar-refractivity contribution is 5.98. The number of H-pyrrole nitrogens is 1. The van der Waals surface area contributed by atoms with Crippen molar-refractivity contribution in [1.29, 1.82) is 0 Å². The molecule has 5 rings (SSSR count). The van der Waals surface area contributed by atoms with E-state index in [9.17, 15) is 14.0 Å². The van der Waals surface area contributed by atoms with E-state index in [1.54, 1.807) is 35.2 Å². The van der Waals surface area contributed by atoms with Gasteiger partial charge in [-0.3, -0.25) is 9.59 Å². The van der Waals surface area contributed by atoms with Crippen molar-refractivity contribution in [2.75, 3.05) is 11.4 Å². The summed E-state index contributed by atoms with van der Waals surface area (Å²) in [5.74, 6) is -0.591. The molecule has 33 heavy (non-hydrogen) atoms. The maximum Gasteiger partial charge on any atom is 0.260 e. The first-order chi connectivity index (χ1) is 16.0. The second-order valence-corrected chi connectivity index (χ2v) is 8.01. The Bertz CT molecular complexity index is 1350. The summed E-state index contributed by atoms with van der Waals surface area (Å²) >= 11 is 0. The number of nitrogens with zero attached hydrogens (tertiary/aromatic N) is 1. The molecule has 1 aliphatic rings. The molecule has 0 fully saturated rings. The zero-order chi connectivity index (χ0) is 22.9. The van der Waals surface area contributed by atoms with E-state index in [1.807, 2.05) is 30.3 Å². The van der Waals surface area contributed by atoms with Gasteiger partial charge < -0.3 is 20.4 Å². The lowest BCUT2D eigenvalue weighted by molar-refractivity contribution is -0.125. The molecule has 3 aromatic carbocycles. The van der Waals surface area contributed by atoms with Crippen LogP contribution in [-0.2, 0) is 16.0 Å². The Hall–Kier alpha value is -4.13. The molecule has 0 radical (unpaired) electrons. The van der Waals surface area contributed by atoms with E-state index in [1.165, 1.54) is 12.1 Å². The zero-order valence-electron chi connectivity index (χ0n) is 17.8. The van der Waals surface area contributed by atoms with E-state index in [-0.39, 0.29) is 24.7 Å². The van der Waals surface area contributed by atoms with E-state index < -0.39 is 12.0 Å². The van der Waals surface area contributed by atoms with Gasteiger partial charge in [0.25, 0.3) is 5.91 Å². The number of carbonyl (C=O) groups excluding carboxylic acids is 2. The molecule has 0 spiro atoms. The summed E-state index contributed by atoms with van der Waals surface area (Å²) in [6, 6.07) is 21.3. The Labute approximate surface area is 189 Å². The van der Waals surface area contributed by atoms with Gasteiger partial charge in [0.15, 0.2) is 6.10 Å². The minimum atomic E-state index is -0.897. The summed E-state index contributed by atoms with van der Waals surface area (Å²) in [7, 11) is 0. The summed E-state index contributed by atoms with van der Waals surface area (Å²) < 4.78 is 19.1. The monoisotopic (exact) mass is 443 g/mol. The van der Waals surface area contributed by atoms with Crippen LogP contribution in [0.25, 0.3) is 22.2 Å². The highest BCUT2D eigenvalue weighted by atomic mass is 19.1. The number of nitrogens with two attached hydrogens (primary N) is 1. The van der Waals surface area contributed by atoms with E-state index in [4.69, 9.17) is 10.5 Å². The molecule has 7 heteroatoms. The van der Waals surface area contributed by atoms with Gasteiger partial charge >= 0.3 is 0 Å². The minimum Gasteiger partial charge on any atom is -0.477 e. The first-order valence-corrected chi connectivity index (χ1v) is 10.7. The number of aromatic nitrogens is 1. The molecule has 0 saturated heterocycles. The van der Waals surface area contributed by atoms with Crippen molar-refractivity contribution in [3.05, 3.63) is 84.2 Å². The molecule has 0 bridgehead atoms. The SMILES string of the molecule is NC(=O)[C@H]1CN(C(=O)CCc2c(-c3ccc(F)cc3)[nH]c3ccccc23)c2ccccc2O1. The number of halogens is 1. The number of aryl methyl sites for hydroxylation is 1. The largest absolute Gasteiger partial charge is 0.477 e. The quantitative estimate of drug-likeness (QED) is 0.485. The number of benzene rings is 3. The predicted molar refractivity (Wildman–Crippen MR) is 124 cm³/mol. The standard InChI is InChI=1S/C26H22FN3O3/c27-17-11-9-16(10-12-17)25-19(18-5-1-2-6-20(18)29-25)13-14-24(31)30-15-23(26(28)32)33-22-8-4-3-7-21(22)30/h1-12,23,29H,13-15H2,(H2,28,32)/t23-/m1/s1. The number of amides is 2. The average Bonchev–Trinajstić information content (AvgIpc) is 3.20. The lowest BCUT2D eigenvalue weighted by Gasteiger charge is -2.33. The molecule has 1 aromatic heterocycles. The fourth-order valence-corrected chi connectivity index (χ4v) is 4.31. The molecule has 1 atom stereocenters. The van der Waals surface area contributed by atoms with E-state index in [0.29, 0.717) is 17.9 Å². The number of fused-ring (bicyclic) bond motifs is 2. The second-order valence-electron chi connectivity index (χ2n) is 8.01. The molecular weight excluding hydrogens is 421 g/mol. The van der Waals surface area contributed by atoms with Crippen molar-refractivity contribution >= 4 is 28.4 Å². The van der Waals surface area contributed by atoms with Crippen LogP contribution in [0.2, 0.25) is 0 Å². The molecule has 6 nitrogen and oxygen atoms in total. The fraction of sp³-hybridized carbons (Fsp3) is 0.154. The molecule has 0 aliphatic carbocycles. The van der Waals surface area contributed by atoms with Gasteiger partial charge in [-0.05, 0) is 60.0 Å². The molecule has 0 unspecified atom stereocenters.